The summed E-state index contributed by atoms with van der Waals surface area (Å²) in [6.07, 6.45) is 8.68. The number of carbonyl (C=O) groups excluding carboxylic acids is 1. The molecule has 3 heterocycles. The quantitative estimate of drug-likeness (QED) is 0.408. The van der Waals surface area contributed by atoms with E-state index < -0.39 is 0 Å². The van der Waals surface area contributed by atoms with Crippen LogP contribution in [0.2, 0.25) is 0 Å². The molecule has 4 N–H and O–H groups in total. The zero-order valence-electron chi connectivity index (χ0n) is 19.1. The highest BCUT2D eigenvalue weighted by Crippen LogP contribution is 2.38. The minimum absolute atomic E-state index is 0.0541. The third kappa shape index (κ3) is 3.77. The van der Waals surface area contributed by atoms with Gasteiger partial charge in [-0.25, -0.2) is 15.0 Å². The number of hydrogen-bond acceptors (Lipinski definition) is 6. The van der Waals surface area contributed by atoms with E-state index in [2.05, 4.69) is 9.97 Å². The molecule has 0 atom stereocenters. The molecule has 8 heteroatoms. The molecule has 174 valence electrons. The summed E-state index contributed by atoms with van der Waals surface area (Å²) < 4.78 is 2.04. The number of primary amides is 1. The molecule has 35 heavy (non-hydrogen) atoms. The summed E-state index contributed by atoms with van der Waals surface area (Å²) in [6, 6.07) is 16.0. The van der Waals surface area contributed by atoms with Crippen LogP contribution in [0.25, 0.3) is 39.1 Å². The molecular formula is C27H25N7O. The molecule has 1 aliphatic rings. The zero-order chi connectivity index (χ0) is 23.9. The summed E-state index contributed by atoms with van der Waals surface area (Å²) in [4.78, 5) is 30.5. The van der Waals surface area contributed by atoms with Gasteiger partial charge in [-0.1, -0.05) is 36.4 Å². The van der Waals surface area contributed by atoms with E-state index >= 15 is 0 Å². The SMILES string of the molecule is NC(=O)C1CCC(c2nc(-c3ccc4ncc(-c5ccccc5)nc4c3)c3c(N)nccn23)CC1. The van der Waals surface area contributed by atoms with Crippen LogP contribution in [0.5, 0.6) is 0 Å². The van der Waals surface area contributed by atoms with Gasteiger partial charge in [0, 0.05) is 35.4 Å². The second-order valence-corrected chi connectivity index (χ2v) is 9.13. The molecule has 1 aliphatic carbocycles. The number of benzene rings is 2. The average Bonchev–Trinajstić information content (AvgIpc) is 3.30. The number of anilines is 1. The molecule has 8 nitrogen and oxygen atoms in total. The van der Waals surface area contributed by atoms with Crippen molar-refractivity contribution in [2.75, 3.05) is 5.73 Å². The number of imidazole rings is 1. The van der Waals surface area contributed by atoms with Gasteiger partial charge < -0.3 is 11.5 Å². The highest BCUT2D eigenvalue weighted by molar-refractivity contribution is 5.90. The molecule has 0 spiro atoms. The number of hydrogen-bond donors (Lipinski definition) is 2. The lowest BCUT2D eigenvalue weighted by Gasteiger charge is -2.25. The van der Waals surface area contributed by atoms with Crippen LogP contribution in [0.3, 0.4) is 0 Å². The molecule has 6 rings (SSSR count). The molecule has 3 aromatic heterocycles. The average molecular weight is 464 g/mol. The van der Waals surface area contributed by atoms with Gasteiger partial charge in [-0.3, -0.25) is 14.2 Å². The Morgan fingerprint density at radius 1 is 0.914 bits per heavy atom. The fraction of sp³-hybridized carbons (Fsp3) is 0.222. The molecule has 1 amide bonds. The van der Waals surface area contributed by atoms with Crippen molar-refractivity contribution in [3.05, 3.63) is 72.9 Å². The van der Waals surface area contributed by atoms with Gasteiger partial charge in [-0.2, -0.15) is 0 Å². The minimum atomic E-state index is -0.210. The molecule has 0 unspecified atom stereocenters. The van der Waals surface area contributed by atoms with Gasteiger partial charge in [-0.05, 0) is 37.8 Å². The predicted octanol–water partition coefficient (Wildman–Crippen LogP) is 4.35. The van der Waals surface area contributed by atoms with Crippen LogP contribution in [0.1, 0.15) is 37.4 Å². The van der Waals surface area contributed by atoms with E-state index in [1.807, 2.05) is 59.1 Å². The molecule has 0 bridgehead atoms. The lowest BCUT2D eigenvalue weighted by Crippen LogP contribution is -2.27. The number of nitrogen functional groups attached to an aromatic ring is 1. The molecule has 2 aromatic carbocycles. The topological polar surface area (TPSA) is 125 Å². The van der Waals surface area contributed by atoms with Crippen LogP contribution in [0, 0.1) is 5.92 Å². The van der Waals surface area contributed by atoms with Gasteiger partial charge in [0.15, 0.2) is 0 Å². The Balaban J connectivity index is 1.44. The van der Waals surface area contributed by atoms with E-state index in [4.69, 9.17) is 21.4 Å². The predicted molar refractivity (Wildman–Crippen MR) is 135 cm³/mol. The standard InChI is InChI=1S/C27H25N7O/c28-25-24-23(33-27(34(24)13-12-30-25)18-8-6-17(7-9-18)26(29)35)19-10-11-20-21(14-19)32-22(15-31-20)16-4-2-1-3-5-16/h1-5,10-15,17-18H,6-9H2,(H2,28,30)(H2,29,35). The van der Waals surface area contributed by atoms with Crippen LogP contribution < -0.4 is 11.5 Å². The van der Waals surface area contributed by atoms with E-state index in [9.17, 15) is 4.79 Å². The number of aromatic nitrogens is 5. The third-order valence-corrected chi connectivity index (χ3v) is 6.99. The Kier molecular flexibility index (Phi) is 5.13. The first kappa shape index (κ1) is 21.2. The highest BCUT2D eigenvalue weighted by Gasteiger charge is 2.29. The number of carbonyl (C=O) groups is 1. The van der Waals surface area contributed by atoms with Crippen molar-refractivity contribution in [3.8, 4) is 22.5 Å². The molecule has 1 saturated carbocycles. The maximum absolute atomic E-state index is 11.6. The number of rotatable bonds is 4. The Morgan fingerprint density at radius 3 is 2.49 bits per heavy atom. The largest absolute Gasteiger partial charge is 0.382 e. The van der Waals surface area contributed by atoms with Gasteiger partial charge in [0.05, 0.1) is 22.9 Å². The second kappa shape index (κ2) is 8.47. The Morgan fingerprint density at radius 2 is 1.71 bits per heavy atom. The van der Waals surface area contributed by atoms with Gasteiger partial charge >= 0.3 is 0 Å². The number of nitrogens with two attached hydrogens (primary N) is 2. The number of nitrogens with zero attached hydrogens (tertiary/aromatic N) is 5. The Bertz CT molecular complexity index is 1550. The van der Waals surface area contributed by atoms with E-state index in [0.29, 0.717) is 5.82 Å². The first-order valence-electron chi connectivity index (χ1n) is 11.8. The van der Waals surface area contributed by atoms with Crippen LogP contribution in [-0.2, 0) is 4.79 Å². The molecular weight excluding hydrogens is 438 g/mol. The summed E-state index contributed by atoms with van der Waals surface area (Å²) in [7, 11) is 0. The zero-order valence-corrected chi connectivity index (χ0v) is 19.1. The van der Waals surface area contributed by atoms with Crippen LogP contribution in [-0.4, -0.2) is 30.2 Å². The van der Waals surface area contributed by atoms with E-state index in [1.54, 1.807) is 12.4 Å². The minimum Gasteiger partial charge on any atom is -0.382 e. The van der Waals surface area contributed by atoms with Gasteiger partial charge in [-0.15, -0.1) is 0 Å². The molecule has 1 fully saturated rings. The third-order valence-electron chi connectivity index (χ3n) is 6.99. The lowest BCUT2D eigenvalue weighted by molar-refractivity contribution is -0.122. The van der Waals surface area contributed by atoms with Crippen molar-refractivity contribution in [2.45, 2.75) is 31.6 Å². The van der Waals surface area contributed by atoms with Crippen molar-refractivity contribution in [1.29, 1.82) is 0 Å². The highest BCUT2D eigenvalue weighted by atomic mass is 16.1. The van der Waals surface area contributed by atoms with Gasteiger partial charge in [0.1, 0.15) is 22.9 Å². The maximum atomic E-state index is 11.6. The second-order valence-electron chi connectivity index (χ2n) is 9.13. The molecule has 0 aliphatic heterocycles. The van der Waals surface area contributed by atoms with Crippen molar-refractivity contribution >= 4 is 28.3 Å². The first-order valence-corrected chi connectivity index (χ1v) is 11.8. The molecule has 0 radical (unpaired) electrons. The van der Waals surface area contributed by atoms with E-state index in [0.717, 1.165) is 70.6 Å². The monoisotopic (exact) mass is 463 g/mol. The summed E-state index contributed by atoms with van der Waals surface area (Å²) in [6.45, 7) is 0. The van der Waals surface area contributed by atoms with Crippen LogP contribution >= 0.6 is 0 Å². The summed E-state index contributed by atoms with van der Waals surface area (Å²) >= 11 is 0. The maximum Gasteiger partial charge on any atom is 0.220 e. The number of amides is 1. The summed E-state index contributed by atoms with van der Waals surface area (Å²) in [5.41, 5.74) is 17.8. The lowest BCUT2D eigenvalue weighted by atomic mass is 9.81. The van der Waals surface area contributed by atoms with Crippen molar-refractivity contribution < 1.29 is 4.79 Å². The molecule has 0 saturated heterocycles. The fourth-order valence-corrected chi connectivity index (χ4v) is 5.12. The summed E-state index contributed by atoms with van der Waals surface area (Å²) in [5.74, 6) is 1.32. The van der Waals surface area contributed by atoms with Crippen molar-refractivity contribution in [2.24, 2.45) is 11.7 Å². The van der Waals surface area contributed by atoms with Crippen LogP contribution in [0.15, 0.2) is 67.1 Å². The van der Waals surface area contributed by atoms with Crippen molar-refractivity contribution in [3.63, 3.8) is 0 Å². The van der Waals surface area contributed by atoms with E-state index in [1.165, 1.54) is 0 Å². The fourth-order valence-electron chi connectivity index (χ4n) is 5.12. The Hall–Kier alpha value is -4.33. The van der Waals surface area contributed by atoms with Crippen molar-refractivity contribution in [1.82, 2.24) is 24.3 Å². The van der Waals surface area contributed by atoms with Gasteiger partial charge in [0.25, 0.3) is 0 Å². The van der Waals surface area contributed by atoms with E-state index in [-0.39, 0.29) is 17.7 Å². The van der Waals surface area contributed by atoms with Crippen LogP contribution in [0.4, 0.5) is 5.82 Å². The summed E-state index contributed by atoms with van der Waals surface area (Å²) in [5, 5.41) is 0. The van der Waals surface area contributed by atoms with Gasteiger partial charge in [0.2, 0.25) is 5.91 Å². The Labute approximate surface area is 202 Å². The first-order chi connectivity index (χ1) is 17.1. The normalized spacial score (nSPS) is 18.2. The molecule has 5 aromatic rings. The number of fused-ring (bicyclic) bond motifs is 2. The smallest absolute Gasteiger partial charge is 0.220 e.